The lowest BCUT2D eigenvalue weighted by Crippen LogP contribution is -2.41. The standard InChI is InChI=1S/C13H19BrN4O.2ClH/c1-15-8-11-3-2-6-18(11)9-13(19)17-12-5-4-10(14)7-16-12;;/h4-5,7,11,15H,2-3,6,8-9H2,1H3,(H,16,17,19);2*1H. The van der Waals surface area contributed by atoms with Crippen LogP contribution in [0.3, 0.4) is 0 Å². The monoisotopic (exact) mass is 398 g/mol. The second-order valence-electron chi connectivity index (χ2n) is 4.73. The smallest absolute Gasteiger partial charge is 0.239 e. The number of likely N-dealkylation sites (tertiary alicyclic amines) is 1. The third-order valence-electron chi connectivity index (χ3n) is 3.28. The van der Waals surface area contributed by atoms with Crippen LogP contribution >= 0.6 is 40.7 Å². The first kappa shape index (κ1) is 20.6. The molecule has 2 N–H and O–H groups in total. The van der Waals surface area contributed by atoms with E-state index in [9.17, 15) is 4.79 Å². The number of pyridine rings is 1. The summed E-state index contributed by atoms with van der Waals surface area (Å²) in [5, 5.41) is 6.00. The van der Waals surface area contributed by atoms with Crippen LogP contribution in [0.15, 0.2) is 22.8 Å². The Morgan fingerprint density at radius 2 is 2.24 bits per heavy atom. The minimum Gasteiger partial charge on any atom is -0.318 e. The van der Waals surface area contributed by atoms with Crippen molar-refractivity contribution in [3.63, 3.8) is 0 Å². The molecule has 1 atom stereocenters. The number of nitrogens with zero attached hydrogens (tertiary/aromatic N) is 2. The van der Waals surface area contributed by atoms with E-state index >= 15 is 0 Å². The lowest BCUT2D eigenvalue weighted by atomic mass is 10.2. The van der Waals surface area contributed by atoms with E-state index in [1.807, 2.05) is 13.1 Å². The molecule has 1 aliphatic heterocycles. The molecule has 8 heteroatoms. The second-order valence-corrected chi connectivity index (χ2v) is 5.65. The maximum atomic E-state index is 12.0. The number of carbonyl (C=O) groups is 1. The number of rotatable bonds is 5. The van der Waals surface area contributed by atoms with Gasteiger partial charge in [0, 0.05) is 23.3 Å². The molecule has 1 aromatic rings. The van der Waals surface area contributed by atoms with Crippen molar-refractivity contribution >= 4 is 52.5 Å². The number of carbonyl (C=O) groups excluding carboxylic acids is 1. The molecule has 0 bridgehead atoms. The summed E-state index contributed by atoms with van der Waals surface area (Å²) >= 11 is 3.32. The van der Waals surface area contributed by atoms with Gasteiger partial charge in [0.25, 0.3) is 0 Å². The Morgan fingerprint density at radius 1 is 1.48 bits per heavy atom. The van der Waals surface area contributed by atoms with Crippen molar-refractivity contribution in [3.05, 3.63) is 22.8 Å². The fourth-order valence-electron chi connectivity index (χ4n) is 2.39. The van der Waals surface area contributed by atoms with Crippen LogP contribution in [0.25, 0.3) is 0 Å². The molecule has 5 nitrogen and oxygen atoms in total. The number of likely N-dealkylation sites (N-methyl/N-ethyl adjacent to an activating group) is 1. The Hall–Kier alpha value is -0.400. The van der Waals surface area contributed by atoms with Crippen LogP contribution in [0.1, 0.15) is 12.8 Å². The second kappa shape index (κ2) is 10.3. The molecule has 0 spiro atoms. The maximum absolute atomic E-state index is 12.0. The first-order chi connectivity index (χ1) is 9.19. The van der Waals surface area contributed by atoms with Gasteiger partial charge in [0.15, 0.2) is 0 Å². The summed E-state index contributed by atoms with van der Waals surface area (Å²) in [7, 11) is 1.95. The van der Waals surface area contributed by atoms with Crippen molar-refractivity contribution in [3.8, 4) is 0 Å². The van der Waals surface area contributed by atoms with Crippen LogP contribution in [0.5, 0.6) is 0 Å². The average molecular weight is 400 g/mol. The van der Waals surface area contributed by atoms with Crippen LogP contribution < -0.4 is 10.6 Å². The van der Waals surface area contributed by atoms with Gasteiger partial charge in [-0.3, -0.25) is 9.69 Å². The molecule has 1 fully saturated rings. The van der Waals surface area contributed by atoms with Gasteiger partial charge in [-0.15, -0.1) is 24.8 Å². The number of hydrogen-bond donors (Lipinski definition) is 2. The zero-order chi connectivity index (χ0) is 13.7. The van der Waals surface area contributed by atoms with E-state index in [2.05, 4.69) is 36.4 Å². The predicted octanol–water partition coefficient (Wildman–Crippen LogP) is 2.31. The molecule has 1 aromatic heterocycles. The Kier molecular flexibility index (Phi) is 10.1. The van der Waals surface area contributed by atoms with Gasteiger partial charge < -0.3 is 10.6 Å². The number of aromatic nitrogens is 1. The minimum absolute atomic E-state index is 0. The number of hydrogen-bond acceptors (Lipinski definition) is 4. The van der Waals surface area contributed by atoms with Crippen molar-refractivity contribution in [2.75, 3.05) is 32.0 Å². The number of nitrogens with one attached hydrogen (secondary N) is 2. The molecule has 120 valence electrons. The zero-order valence-electron chi connectivity index (χ0n) is 11.8. The number of halogens is 3. The summed E-state index contributed by atoms with van der Waals surface area (Å²) in [4.78, 5) is 18.3. The molecule has 21 heavy (non-hydrogen) atoms. The van der Waals surface area contributed by atoms with E-state index in [4.69, 9.17) is 0 Å². The maximum Gasteiger partial charge on any atom is 0.239 e. The van der Waals surface area contributed by atoms with Crippen LogP contribution in [-0.2, 0) is 4.79 Å². The van der Waals surface area contributed by atoms with E-state index in [0.29, 0.717) is 18.4 Å². The van der Waals surface area contributed by atoms with Crippen molar-refractivity contribution in [1.29, 1.82) is 0 Å². The molecule has 1 amide bonds. The minimum atomic E-state index is -0.00201. The molecule has 1 unspecified atom stereocenters. The molecule has 1 aliphatic rings. The van der Waals surface area contributed by atoms with Gasteiger partial charge in [-0.1, -0.05) is 0 Å². The van der Waals surface area contributed by atoms with Gasteiger partial charge in [0.05, 0.1) is 6.54 Å². The first-order valence-electron chi connectivity index (χ1n) is 6.49. The molecule has 2 rings (SSSR count). The molecule has 0 radical (unpaired) electrons. The summed E-state index contributed by atoms with van der Waals surface area (Å²) in [6.45, 7) is 2.36. The summed E-state index contributed by atoms with van der Waals surface area (Å²) in [5.41, 5.74) is 0. The van der Waals surface area contributed by atoms with Crippen molar-refractivity contribution in [2.45, 2.75) is 18.9 Å². The van der Waals surface area contributed by atoms with Gasteiger partial charge in [-0.25, -0.2) is 4.98 Å². The first-order valence-corrected chi connectivity index (χ1v) is 7.28. The van der Waals surface area contributed by atoms with Crippen LogP contribution in [0, 0.1) is 0 Å². The summed E-state index contributed by atoms with van der Waals surface area (Å²) < 4.78 is 0.902. The Labute approximate surface area is 146 Å². The van der Waals surface area contributed by atoms with Gasteiger partial charge in [0.2, 0.25) is 5.91 Å². The van der Waals surface area contributed by atoms with Crippen LogP contribution in [-0.4, -0.2) is 48.5 Å². The highest BCUT2D eigenvalue weighted by Crippen LogP contribution is 2.16. The highest BCUT2D eigenvalue weighted by molar-refractivity contribution is 9.10. The average Bonchev–Trinajstić information content (AvgIpc) is 2.80. The largest absolute Gasteiger partial charge is 0.318 e. The van der Waals surface area contributed by atoms with Gasteiger partial charge >= 0.3 is 0 Å². The summed E-state index contributed by atoms with van der Waals surface area (Å²) in [6.07, 6.45) is 4.00. The molecule has 0 aromatic carbocycles. The SMILES string of the molecule is CNCC1CCCN1CC(=O)Nc1ccc(Br)cn1.Cl.Cl. The Morgan fingerprint density at radius 3 is 2.86 bits per heavy atom. The summed E-state index contributed by atoms with van der Waals surface area (Å²) in [6, 6.07) is 4.12. The van der Waals surface area contributed by atoms with Gasteiger partial charge in [0.1, 0.15) is 5.82 Å². The fourth-order valence-corrected chi connectivity index (χ4v) is 2.62. The van der Waals surface area contributed by atoms with Crippen molar-refractivity contribution in [2.24, 2.45) is 0 Å². The lowest BCUT2D eigenvalue weighted by molar-refractivity contribution is -0.117. The van der Waals surface area contributed by atoms with E-state index in [1.54, 1.807) is 12.3 Å². The normalized spacial score (nSPS) is 17.7. The highest BCUT2D eigenvalue weighted by atomic mass is 79.9. The van der Waals surface area contributed by atoms with Crippen molar-refractivity contribution < 1.29 is 4.79 Å². The summed E-state index contributed by atoms with van der Waals surface area (Å²) in [5.74, 6) is 0.593. The van der Waals surface area contributed by atoms with Gasteiger partial charge in [-0.2, -0.15) is 0 Å². The third kappa shape index (κ3) is 6.48. The molecule has 2 heterocycles. The van der Waals surface area contributed by atoms with E-state index in [1.165, 1.54) is 0 Å². The Balaban J connectivity index is 0.00000200. The molecule has 1 saturated heterocycles. The number of amides is 1. The topological polar surface area (TPSA) is 57.3 Å². The fraction of sp³-hybridized carbons (Fsp3) is 0.538. The quantitative estimate of drug-likeness (QED) is 0.797. The van der Waals surface area contributed by atoms with Gasteiger partial charge in [-0.05, 0) is 54.5 Å². The molecule has 0 saturated carbocycles. The third-order valence-corrected chi connectivity index (χ3v) is 3.75. The van der Waals surface area contributed by atoms with E-state index in [-0.39, 0.29) is 30.7 Å². The molecule has 0 aliphatic carbocycles. The van der Waals surface area contributed by atoms with Crippen molar-refractivity contribution in [1.82, 2.24) is 15.2 Å². The number of anilines is 1. The molecular formula is C13H21BrCl2N4O. The van der Waals surface area contributed by atoms with Crippen LogP contribution in [0.4, 0.5) is 5.82 Å². The Bertz CT molecular complexity index is 433. The highest BCUT2D eigenvalue weighted by Gasteiger charge is 2.25. The van der Waals surface area contributed by atoms with Crippen LogP contribution in [0.2, 0.25) is 0 Å². The van der Waals surface area contributed by atoms with E-state index in [0.717, 1.165) is 30.4 Å². The predicted molar refractivity (Wildman–Crippen MR) is 93.6 cm³/mol. The zero-order valence-corrected chi connectivity index (χ0v) is 15.1. The van der Waals surface area contributed by atoms with E-state index < -0.39 is 0 Å². The lowest BCUT2D eigenvalue weighted by Gasteiger charge is -2.23. The molecular weight excluding hydrogens is 379 g/mol.